The molecule has 140 valence electrons. The Morgan fingerprint density at radius 2 is 1.71 bits per heavy atom. The molecule has 0 radical (unpaired) electrons. The van der Waals surface area contributed by atoms with Crippen LogP contribution in [0.3, 0.4) is 0 Å². The van der Waals surface area contributed by atoms with E-state index in [2.05, 4.69) is 4.99 Å². The quantitative estimate of drug-likeness (QED) is 0.561. The molecular formula is C21H17FN4O2. The number of nitrogens with zero attached hydrogens (tertiary/aromatic N) is 3. The van der Waals surface area contributed by atoms with Crippen LogP contribution in [0.25, 0.3) is 0 Å². The zero-order chi connectivity index (χ0) is 19.7. The monoisotopic (exact) mass is 376 g/mol. The first-order chi connectivity index (χ1) is 13.6. The van der Waals surface area contributed by atoms with Crippen molar-refractivity contribution in [1.29, 1.82) is 0 Å². The van der Waals surface area contributed by atoms with Crippen LogP contribution >= 0.6 is 0 Å². The molecule has 2 aromatic carbocycles. The number of carbonyl (C=O) groups is 1. The predicted molar refractivity (Wildman–Crippen MR) is 103 cm³/mol. The number of benzodiazepines with no additional fused rings is 1. The average Bonchev–Trinajstić information content (AvgIpc) is 2.81. The molecule has 4 rings (SSSR count). The molecule has 1 unspecified atom stereocenters. The van der Waals surface area contributed by atoms with Crippen LogP contribution in [-0.4, -0.2) is 17.8 Å². The number of benzene rings is 2. The van der Waals surface area contributed by atoms with E-state index < -0.39 is 17.9 Å². The Bertz CT molecular complexity index is 1080. The second kappa shape index (κ2) is 7.21. The summed E-state index contributed by atoms with van der Waals surface area (Å²) in [7, 11) is 0. The highest BCUT2D eigenvalue weighted by Gasteiger charge is 2.31. The molecule has 6 nitrogen and oxygen atoms in total. The van der Waals surface area contributed by atoms with Crippen molar-refractivity contribution in [3.8, 4) is 0 Å². The van der Waals surface area contributed by atoms with Crippen LogP contribution in [0.2, 0.25) is 0 Å². The molecule has 0 saturated carbocycles. The minimum Gasteiger partial charge on any atom is -0.618 e. The fourth-order valence-electron chi connectivity index (χ4n) is 3.23. The molecule has 0 spiro atoms. The van der Waals surface area contributed by atoms with E-state index in [0.29, 0.717) is 27.4 Å². The van der Waals surface area contributed by atoms with Crippen LogP contribution in [0.4, 0.5) is 10.1 Å². The number of amides is 1. The third kappa shape index (κ3) is 3.12. The Labute approximate surface area is 160 Å². The normalized spacial score (nSPS) is 16.4. The van der Waals surface area contributed by atoms with Crippen molar-refractivity contribution in [3.63, 3.8) is 0 Å². The Morgan fingerprint density at radius 3 is 2.46 bits per heavy atom. The maximum absolute atomic E-state index is 14.5. The fourth-order valence-corrected chi connectivity index (χ4v) is 3.23. The van der Waals surface area contributed by atoms with Gasteiger partial charge < -0.3 is 10.9 Å². The summed E-state index contributed by atoms with van der Waals surface area (Å²) >= 11 is 0. The van der Waals surface area contributed by atoms with Gasteiger partial charge in [-0.3, -0.25) is 14.7 Å². The van der Waals surface area contributed by atoms with Crippen LogP contribution in [0.15, 0.2) is 77.9 Å². The third-order valence-corrected chi connectivity index (χ3v) is 4.59. The topological polar surface area (TPSA) is 85.6 Å². The zero-order valence-electron chi connectivity index (χ0n) is 14.8. The van der Waals surface area contributed by atoms with Crippen molar-refractivity contribution >= 4 is 17.3 Å². The third-order valence-electron chi connectivity index (χ3n) is 4.59. The summed E-state index contributed by atoms with van der Waals surface area (Å²) in [5, 5.41) is 12.1. The van der Waals surface area contributed by atoms with Crippen molar-refractivity contribution in [3.05, 3.63) is 101 Å². The standard InChI is InChI=1S/C21H17FN4O2/c22-17-10-3-1-8-15(17)19-16-9-2-4-11-18(16)25(21(27)20(23)24-19)13-14-7-5-6-12-26(14)28/h1-12,20H,13,23H2. The lowest BCUT2D eigenvalue weighted by Crippen LogP contribution is -2.44. The summed E-state index contributed by atoms with van der Waals surface area (Å²) in [6, 6.07) is 18.2. The first kappa shape index (κ1) is 17.8. The molecule has 1 atom stereocenters. The van der Waals surface area contributed by atoms with Crippen LogP contribution in [0.5, 0.6) is 0 Å². The van der Waals surface area contributed by atoms with E-state index >= 15 is 0 Å². The van der Waals surface area contributed by atoms with Gasteiger partial charge in [-0.15, -0.1) is 0 Å². The van der Waals surface area contributed by atoms with Gasteiger partial charge >= 0.3 is 0 Å². The van der Waals surface area contributed by atoms with Gasteiger partial charge in [0.15, 0.2) is 12.4 Å². The second-order valence-corrected chi connectivity index (χ2v) is 6.36. The summed E-state index contributed by atoms with van der Waals surface area (Å²) in [5.74, 6) is -0.924. The number of anilines is 1. The second-order valence-electron chi connectivity index (χ2n) is 6.36. The summed E-state index contributed by atoms with van der Waals surface area (Å²) in [6.07, 6.45) is 0.149. The van der Waals surface area contributed by atoms with Crippen molar-refractivity contribution in [2.24, 2.45) is 10.7 Å². The van der Waals surface area contributed by atoms with Crippen molar-refractivity contribution in [2.75, 3.05) is 4.90 Å². The number of rotatable bonds is 3. The number of pyridine rings is 1. The SMILES string of the molecule is NC1N=C(c2ccccc2F)c2ccccc2N(Cc2cccc[n+]2[O-])C1=O. The number of fused-ring (bicyclic) bond motifs is 1. The number of aliphatic imine (C=N–C) groups is 1. The van der Waals surface area contributed by atoms with Gasteiger partial charge in [-0.2, -0.15) is 4.73 Å². The minimum absolute atomic E-state index is 0.0218. The lowest BCUT2D eigenvalue weighted by Gasteiger charge is -2.23. The van der Waals surface area contributed by atoms with Crippen LogP contribution in [0.1, 0.15) is 16.8 Å². The number of nitrogens with two attached hydrogens (primary N) is 1. The van der Waals surface area contributed by atoms with E-state index in [4.69, 9.17) is 5.73 Å². The molecule has 1 amide bonds. The first-order valence-electron chi connectivity index (χ1n) is 8.72. The van der Waals surface area contributed by atoms with E-state index in [1.807, 2.05) is 0 Å². The minimum atomic E-state index is -1.22. The van der Waals surface area contributed by atoms with Crippen LogP contribution < -0.4 is 15.4 Å². The average molecular weight is 376 g/mol. The summed E-state index contributed by atoms with van der Waals surface area (Å²) < 4.78 is 15.2. The highest BCUT2D eigenvalue weighted by molar-refractivity contribution is 6.20. The van der Waals surface area contributed by atoms with Crippen molar-refractivity contribution in [1.82, 2.24) is 0 Å². The van der Waals surface area contributed by atoms with E-state index in [0.717, 1.165) is 0 Å². The molecule has 3 aromatic rings. The molecule has 0 aliphatic carbocycles. The number of hydrogen-bond donors (Lipinski definition) is 1. The van der Waals surface area contributed by atoms with Crippen molar-refractivity contribution < 1.29 is 13.9 Å². The van der Waals surface area contributed by atoms with Gasteiger partial charge in [-0.05, 0) is 24.3 Å². The maximum Gasteiger partial charge on any atom is 0.266 e. The van der Waals surface area contributed by atoms with Crippen LogP contribution in [0, 0.1) is 11.0 Å². The van der Waals surface area contributed by atoms with E-state index in [-0.39, 0.29) is 12.1 Å². The zero-order valence-corrected chi connectivity index (χ0v) is 14.8. The van der Waals surface area contributed by atoms with Gasteiger partial charge in [0.05, 0.1) is 11.4 Å². The van der Waals surface area contributed by atoms with Gasteiger partial charge in [-0.1, -0.05) is 30.3 Å². The molecule has 2 N–H and O–H groups in total. The van der Waals surface area contributed by atoms with Crippen LogP contribution in [-0.2, 0) is 11.3 Å². The highest BCUT2D eigenvalue weighted by Crippen LogP contribution is 2.29. The smallest absolute Gasteiger partial charge is 0.266 e. The summed E-state index contributed by atoms with van der Waals surface area (Å²) in [4.78, 5) is 18.7. The highest BCUT2D eigenvalue weighted by atomic mass is 19.1. The molecule has 7 heteroatoms. The lowest BCUT2D eigenvalue weighted by atomic mass is 9.99. The number of hydrogen-bond acceptors (Lipinski definition) is 4. The Morgan fingerprint density at radius 1 is 1.04 bits per heavy atom. The molecular weight excluding hydrogens is 359 g/mol. The number of halogens is 1. The Kier molecular flexibility index (Phi) is 4.58. The molecule has 1 aromatic heterocycles. The summed E-state index contributed by atoms with van der Waals surface area (Å²) in [6.45, 7) is 0.0218. The van der Waals surface area contributed by atoms with E-state index in [1.165, 1.54) is 17.2 Å². The van der Waals surface area contributed by atoms with Crippen molar-refractivity contribution in [2.45, 2.75) is 12.7 Å². The molecule has 28 heavy (non-hydrogen) atoms. The number of aromatic nitrogens is 1. The van der Waals surface area contributed by atoms with Gasteiger partial charge in [0, 0.05) is 23.3 Å². The largest absolute Gasteiger partial charge is 0.618 e. The Balaban J connectivity index is 1.87. The maximum atomic E-state index is 14.5. The molecule has 1 aliphatic rings. The predicted octanol–water partition coefficient (Wildman–Crippen LogP) is 2.13. The van der Waals surface area contributed by atoms with Gasteiger partial charge in [0.25, 0.3) is 5.91 Å². The first-order valence-corrected chi connectivity index (χ1v) is 8.72. The Hall–Kier alpha value is -3.58. The fraction of sp³-hybridized carbons (Fsp3) is 0.0952. The number of para-hydroxylation sites is 1. The lowest BCUT2D eigenvalue weighted by molar-refractivity contribution is -0.613. The molecule has 0 fully saturated rings. The van der Waals surface area contributed by atoms with Gasteiger partial charge in [-0.25, -0.2) is 4.39 Å². The number of carbonyl (C=O) groups excluding carboxylic acids is 1. The van der Waals surface area contributed by atoms with Gasteiger partial charge in [0.1, 0.15) is 12.4 Å². The molecule has 2 heterocycles. The van der Waals surface area contributed by atoms with E-state index in [1.54, 1.807) is 60.7 Å². The summed E-state index contributed by atoms with van der Waals surface area (Å²) in [5.41, 5.74) is 8.07. The van der Waals surface area contributed by atoms with E-state index in [9.17, 15) is 14.4 Å². The van der Waals surface area contributed by atoms with Gasteiger partial charge in [0.2, 0.25) is 5.69 Å². The molecule has 0 saturated heterocycles. The molecule has 1 aliphatic heterocycles. The molecule has 0 bridgehead atoms.